The molecule has 1 heterocycles. The van der Waals surface area contributed by atoms with Gasteiger partial charge >= 0.3 is 0 Å². The summed E-state index contributed by atoms with van der Waals surface area (Å²) in [5.74, 6) is 1.83. The van der Waals surface area contributed by atoms with Crippen LogP contribution in [0.25, 0.3) is 28.0 Å². The molecule has 0 aliphatic carbocycles. The van der Waals surface area contributed by atoms with Crippen molar-refractivity contribution in [2.24, 2.45) is 0 Å². The number of unbranched alkanes of at least 4 members (excludes halogenated alkanes) is 3. The van der Waals surface area contributed by atoms with Crippen molar-refractivity contribution in [2.45, 2.75) is 58.8 Å². The van der Waals surface area contributed by atoms with E-state index in [4.69, 9.17) is 9.72 Å². The van der Waals surface area contributed by atoms with Gasteiger partial charge in [0.15, 0.2) is 5.82 Å². The highest BCUT2D eigenvalue weighted by Gasteiger charge is 2.18. The fourth-order valence-electron chi connectivity index (χ4n) is 4.23. The van der Waals surface area contributed by atoms with Crippen molar-refractivity contribution in [1.29, 1.82) is 0 Å². The van der Waals surface area contributed by atoms with Crippen LogP contribution in [0.15, 0.2) is 77.6 Å². The Kier molecular flexibility index (Phi) is 7.79. The quantitative estimate of drug-likeness (QED) is 0.233. The lowest BCUT2D eigenvalue weighted by Crippen LogP contribution is -2.22. The van der Waals surface area contributed by atoms with Gasteiger partial charge in [0.2, 0.25) is 0 Å². The minimum atomic E-state index is -0.0744. The van der Waals surface area contributed by atoms with Crippen molar-refractivity contribution in [3.05, 3.63) is 88.7 Å². The maximum atomic E-state index is 13.7. The molecular formula is C30H34N2O2. The smallest absolute Gasteiger partial charge is 0.266 e. The van der Waals surface area contributed by atoms with E-state index in [0.29, 0.717) is 29.3 Å². The van der Waals surface area contributed by atoms with Gasteiger partial charge in [0.05, 0.1) is 28.8 Å². The second-order valence-corrected chi connectivity index (χ2v) is 8.90. The fraction of sp³-hybridized carbons (Fsp3) is 0.333. The number of ether oxygens (including phenoxy) is 1. The molecule has 0 spiro atoms. The average molecular weight is 455 g/mol. The Bertz CT molecular complexity index is 1290. The Morgan fingerprint density at radius 3 is 2.38 bits per heavy atom. The Morgan fingerprint density at radius 1 is 0.882 bits per heavy atom. The second kappa shape index (κ2) is 11.1. The van der Waals surface area contributed by atoms with Crippen LogP contribution in [-0.2, 0) is 0 Å². The molecule has 0 bridgehead atoms. The molecule has 4 heteroatoms. The molecule has 0 aliphatic rings. The van der Waals surface area contributed by atoms with Crippen molar-refractivity contribution in [3.8, 4) is 22.8 Å². The SMILES string of the molecule is CCCCCCOc1ccccc1-c1nc2ccccc2c(=O)n1-c1ccc(C(C)CC)cc1. The van der Waals surface area contributed by atoms with Crippen LogP contribution >= 0.6 is 0 Å². The van der Waals surface area contributed by atoms with Crippen LogP contribution in [0.2, 0.25) is 0 Å². The largest absolute Gasteiger partial charge is 0.493 e. The van der Waals surface area contributed by atoms with Crippen LogP contribution in [-0.4, -0.2) is 16.2 Å². The minimum absolute atomic E-state index is 0.0744. The van der Waals surface area contributed by atoms with Crippen molar-refractivity contribution < 1.29 is 4.74 Å². The van der Waals surface area contributed by atoms with E-state index in [1.54, 1.807) is 4.57 Å². The number of para-hydroxylation sites is 2. The highest BCUT2D eigenvalue weighted by Crippen LogP contribution is 2.31. The summed E-state index contributed by atoms with van der Waals surface area (Å²) >= 11 is 0. The lowest BCUT2D eigenvalue weighted by atomic mass is 9.98. The van der Waals surface area contributed by atoms with E-state index in [1.165, 1.54) is 18.4 Å². The summed E-state index contributed by atoms with van der Waals surface area (Å²) in [7, 11) is 0. The zero-order chi connectivity index (χ0) is 23.9. The Labute approximate surface area is 202 Å². The number of rotatable bonds is 10. The highest BCUT2D eigenvalue weighted by atomic mass is 16.5. The summed E-state index contributed by atoms with van der Waals surface area (Å²) in [6.07, 6.45) is 5.64. The predicted molar refractivity (Wildman–Crippen MR) is 141 cm³/mol. The first-order chi connectivity index (χ1) is 16.6. The Morgan fingerprint density at radius 2 is 1.62 bits per heavy atom. The van der Waals surface area contributed by atoms with Crippen LogP contribution in [0.1, 0.15) is 64.4 Å². The lowest BCUT2D eigenvalue weighted by Gasteiger charge is -2.17. The Hall–Kier alpha value is -3.40. The van der Waals surface area contributed by atoms with E-state index in [9.17, 15) is 4.79 Å². The summed E-state index contributed by atoms with van der Waals surface area (Å²) in [5, 5.41) is 0.607. The van der Waals surface area contributed by atoms with E-state index >= 15 is 0 Å². The summed E-state index contributed by atoms with van der Waals surface area (Å²) in [6.45, 7) is 7.26. The van der Waals surface area contributed by atoms with Gasteiger partial charge in [-0.05, 0) is 60.7 Å². The van der Waals surface area contributed by atoms with Gasteiger partial charge in [-0.25, -0.2) is 4.98 Å². The zero-order valence-electron chi connectivity index (χ0n) is 20.5. The van der Waals surface area contributed by atoms with E-state index in [2.05, 4.69) is 32.9 Å². The van der Waals surface area contributed by atoms with Crippen molar-refractivity contribution >= 4 is 10.9 Å². The molecule has 4 rings (SSSR count). The van der Waals surface area contributed by atoms with Crippen molar-refractivity contribution in [2.75, 3.05) is 6.61 Å². The summed E-state index contributed by atoms with van der Waals surface area (Å²) in [4.78, 5) is 18.7. The molecule has 0 radical (unpaired) electrons. The van der Waals surface area contributed by atoms with Gasteiger partial charge in [-0.15, -0.1) is 0 Å². The number of aromatic nitrogens is 2. The molecule has 0 amide bonds. The van der Waals surface area contributed by atoms with Crippen molar-refractivity contribution in [3.63, 3.8) is 0 Å². The molecule has 0 saturated carbocycles. The Balaban J connectivity index is 1.83. The molecule has 0 fully saturated rings. The molecule has 0 saturated heterocycles. The van der Waals surface area contributed by atoms with Gasteiger partial charge < -0.3 is 4.74 Å². The number of hydrogen-bond donors (Lipinski definition) is 0. The minimum Gasteiger partial charge on any atom is -0.493 e. The standard InChI is InChI=1S/C30H34N2O2/c1-4-6-7-12-21-34-28-16-11-9-14-26(28)29-31-27-15-10-8-13-25(27)30(33)32(29)24-19-17-23(18-20-24)22(3)5-2/h8-11,13-20,22H,4-7,12,21H2,1-3H3. The number of nitrogens with zero attached hydrogens (tertiary/aromatic N) is 2. The molecule has 0 N–H and O–H groups in total. The molecule has 1 unspecified atom stereocenters. The molecule has 4 aromatic rings. The third-order valence-electron chi connectivity index (χ3n) is 6.49. The molecule has 3 aromatic carbocycles. The van der Waals surface area contributed by atoms with Gasteiger partial charge in [0.1, 0.15) is 5.75 Å². The average Bonchev–Trinajstić information content (AvgIpc) is 2.88. The van der Waals surface area contributed by atoms with Crippen LogP contribution in [0.3, 0.4) is 0 Å². The van der Waals surface area contributed by atoms with E-state index in [1.807, 2.05) is 60.7 Å². The molecule has 4 nitrogen and oxygen atoms in total. The highest BCUT2D eigenvalue weighted by molar-refractivity contribution is 5.81. The van der Waals surface area contributed by atoms with Gasteiger partial charge in [-0.2, -0.15) is 0 Å². The fourth-order valence-corrected chi connectivity index (χ4v) is 4.23. The summed E-state index contributed by atoms with van der Waals surface area (Å²) < 4.78 is 7.91. The van der Waals surface area contributed by atoms with Gasteiger partial charge in [0, 0.05) is 0 Å². The van der Waals surface area contributed by atoms with Gasteiger partial charge in [0.25, 0.3) is 5.56 Å². The predicted octanol–water partition coefficient (Wildman–Crippen LogP) is 7.53. The van der Waals surface area contributed by atoms with Crippen LogP contribution in [0, 0.1) is 0 Å². The summed E-state index contributed by atoms with van der Waals surface area (Å²) in [6, 6.07) is 23.7. The normalized spacial score (nSPS) is 12.1. The van der Waals surface area contributed by atoms with E-state index in [0.717, 1.165) is 36.3 Å². The first kappa shape index (κ1) is 23.7. The van der Waals surface area contributed by atoms with Crippen LogP contribution < -0.4 is 10.3 Å². The number of hydrogen-bond acceptors (Lipinski definition) is 3. The topological polar surface area (TPSA) is 44.1 Å². The molecule has 0 aliphatic heterocycles. The molecule has 34 heavy (non-hydrogen) atoms. The van der Waals surface area contributed by atoms with Gasteiger partial charge in [-0.1, -0.05) is 76.4 Å². The van der Waals surface area contributed by atoms with E-state index in [-0.39, 0.29) is 5.56 Å². The molecular weight excluding hydrogens is 420 g/mol. The lowest BCUT2D eigenvalue weighted by molar-refractivity contribution is 0.306. The van der Waals surface area contributed by atoms with Crippen molar-refractivity contribution in [1.82, 2.24) is 9.55 Å². The number of benzene rings is 3. The monoisotopic (exact) mass is 454 g/mol. The molecule has 1 atom stereocenters. The first-order valence-electron chi connectivity index (χ1n) is 12.5. The first-order valence-corrected chi connectivity index (χ1v) is 12.5. The maximum Gasteiger partial charge on any atom is 0.266 e. The molecule has 1 aromatic heterocycles. The molecule has 176 valence electrons. The third kappa shape index (κ3) is 5.06. The second-order valence-electron chi connectivity index (χ2n) is 8.90. The number of fused-ring (bicyclic) bond motifs is 1. The zero-order valence-corrected chi connectivity index (χ0v) is 20.5. The van der Waals surface area contributed by atoms with Crippen LogP contribution in [0.4, 0.5) is 0 Å². The summed E-state index contributed by atoms with van der Waals surface area (Å²) in [5.41, 5.74) is 3.52. The third-order valence-corrected chi connectivity index (χ3v) is 6.49. The van der Waals surface area contributed by atoms with Crippen LogP contribution in [0.5, 0.6) is 5.75 Å². The maximum absolute atomic E-state index is 13.7. The van der Waals surface area contributed by atoms with Gasteiger partial charge in [-0.3, -0.25) is 9.36 Å². The van der Waals surface area contributed by atoms with E-state index < -0.39 is 0 Å².